The first-order valence-electron chi connectivity index (χ1n) is 7.04. The van der Waals surface area contributed by atoms with Gasteiger partial charge in [0.2, 0.25) is 0 Å². The molecule has 0 aliphatic rings. The number of hydrogen-bond acceptors (Lipinski definition) is 5. The van der Waals surface area contributed by atoms with Crippen LogP contribution in [0.3, 0.4) is 0 Å². The summed E-state index contributed by atoms with van der Waals surface area (Å²) in [6.07, 6.45) is 1.58. The number of aromatic hydroxyl groups is 1. The summed E-state index contributed by atoms with van der Waals surface area (Å²) in [5.74, 6) is -0.193. The van der Waals surface area contributed by atoms with Gasteiger partial charge in [0.15, 0.2) is 0 Å². The number of hydrogen-bond donors (Lipinski definition) is 1. The molecule has 5 heteroatoms. The maximum atomic E-state index is 12.1. The predicted octanol–water partition coefficient (Wildman–Crippen LogP) is 4.31. The Kier molecular flexibility index (Phi) is 4.98. The van der Waals surface area contributed by atoms with Crippen LogP contribution in [-0.4, -0.2) is 23.9 Å². The molecule has 2 rings (SSSR count). The fourth-order valence-corrected chi connectivity index (χ4v) is 3.04. The summed E-state index contributed by atoms with van der Waals surface area (Å²) in [5.41, 5.74) is 3.05. The van der Waals surface area contributed by atoms with Gasteiger partial charge in [0.05, 0.1) is 12.2 Å². The van der Waals surface area contributed by atoms with E-state index in [2.05, 4.69) is 4.99 Å². The third-order valence-corrected chi connectivity index (χ3v) is 4.47. The fraction of sp³-hybridized carbons (Fsp3) is 0.294. The second kappa shape index (κ2) is 6.75. The molecule has 0 aliphatic heterocycles. The van der Waals surface area contributed by atoms with E-state index in [1.54, 1.807) is 19.2 Å². The first-order valence-corrected chi connectivity index (χ1v) is 7.86. The molecule has 0 spiro atoms. The fourth-order valence-electron chi connectivity index (χ4n) is 2.05. The maximum Gasteiger partial charge on any atom is 0.341 e. The first-order chi connectivity index (χ1) is 10.4. The highest BCUT2D eigenvalue weighted by Crippen LogP contribution is 2.35. The molecule has 0 aliphatic carbocycles. The van der Waals surface area contributed by atoms with Crippen LogP contribution in [0.2, 0.25) is 0 Å². The van der Waals surface area contributed by atoms with Crippen LogP contribution < -0.4 is 0 Å². The van der Waals surface area contributed by atoms with Crippen molar-refractivity contribution < 1.29 is 14.6 Å². The normalized spacial score (nSPS) is 11.1. The summed E-state index contributed by atoms with van der Waals surface area (Å²) in [5, 5.41) is 10.5. The third-order valence-electron chi connectivity index (χ3n) is 3.35. The Morgan fingerprint density at radius 2 is 2.09 bits per heavy atom. The van der Waals surface area contributed by atoms with E-state index in [0.29, 0.717) is 22.7 Å². The lowest BCUT2D eigenvalue weighted by atomic mass is 10.1. The van der Waals surface area contributed by atoms with Gasteiger partial charge in [-0.15, -0.1) is 11.3 Å². The van der Waals surface area contributed by atoms with Crippen LogP contribution in [0.4, 0.5) is 5.00 Å². The first kappa shape index (κ1) is 16.2. The molecule has 2 aromatic rings. The molecule has 0 saturated heterocycles. The lowest BCUT2D eigenvalue weighted by Gasteiger charge is -2.03. The van der Waals surface area contributed by atoms with Gasteiger partial charge in [-0.1, -0.05) is 11.6 Å². The Morgan fingerprint density at radius 3 is 2.77 bits per heavy atom. The molecule has 0 unspecified atom stereocenters. The monoisotopic (exact) mass is 317 g/mol. The number of carbonyl (C=O) groups excluding carboxylic acids is 1. The molecule has 0 atom stereocenters. The molecule has 22 heavy (non-hydrogen) atoms. The van der Waals surface area contributed by atoms with E-state index in [9.17, 15) is 9.90 Å². The van der Waals surface area contributed by atoms with Gasteiger partial charge in [-0.25, -0.2) is 9.79 Å². The minimum atomic E-state index is -0.357. The van der Waals surface area contributed by atoms with Gasteiger partial charge in [-0.05, 0) is 45.4 Å². The zero-order valence-corrected chi connectivity index (χ0v) is 14.0. The number of aryl methyl sites for hydroxylation is 2. The summed E-state index contributed by atoms with van der Waals surface area (Å²) in [6.45, 7) is 7.89. The summed E-state index contributed by atoms with van der Waals surface area (Å²) >= 11 is 1.44. The molecule has 1 heterocycles. The van der Waals surface area contributed by atoms with Crippen LogP contribution >= 0.6 is 11.3 Å². The number of phenolic OH excluding ortho intramolecular Hbond substituents is 1. The minimum Gasteiger partial charge on any atom is -0.507 e. The van der Waals surface area contributed by atoms with Gasteiger partial charge in [-0.2, -0.15) is 0 Å². The van der Waals surface area contributed by atoms with Crippen molar-refractivity contribution in [3.8, 4) is 5.75 Å². The summed E-state index contributed by atoms with van der Waals surface area (Å²) in [4.78, 5) is 17.5. The van der Waals surface area contributed by atoms with Crippen molar-refractivity contribution in [1.82, 2.24) is 0 Å². The average Bonchev–Trinajstić information content (AvgIpc) is 2.75. The highest BCUT2D eigenvalue weighted by molar-refractivity contribution is 7.16. The molecular formula is C17H19NO3S. The lowest BCUT2D eigenvalue weighted by molar-refractivity contribution is 0.0527. The molecule has 1 aromatic carbocycles. The highest BCUT2D eigenvalue weighted by Gasteiger charge is 2.20. The number of rotatable bonds is 4. The number of benzene rings is 1. The number of aliphatic imine (C=N–C) groups is 1. The van der Waals surface area contributed by atoms with Gasteiger partial charge in [0.25, 0.3) is 0 Å². The smallest absolute Gasteiger partial charge is 0.341 e. The molecule has 0 bridgehead atoms. The second-order valence-corrected chi connectivity index (χ2v) is 6.21. The number of carbonyl (C=O) groups is 1. The van der Waals surface area contributed by atoms with Crippen molar-refractivity contribution in [1.29, 1.82) is 0 Å². The molecule has 1 aromatic heterocycles. The standard InChI is InChI=1S/C17H19NO3S/c1-5-21-17(20)15-11(3)12(4)22-16(15)18-9-13-8-10(2)6-7-14(13)19/h6-9,19H,5H2,1-4H3/b18-9+. The van der Waals surface area contributed by atoms with E-state index in [-0.39, 0.29) is 11.7 Å². The molecule has 1 N–H and O–H groups in total. The quantitative estimate of drug-likeness (QED) is 0.675. The van der Waals surface area contributed by atoms with Gasteiger partial charge < -0.3 is 9.84 Å². The third kappa shape index (κ3) is 3.36. The maximum absolute atomic E-state index is 12.1. The van der Waals surface area contributed by atoms with Crippen LogP contribution in [0.15, 0.2) is 23.2 Å². The molecular weight excluding hydrogens is 298 g/mol. The number of nitrogens with zero attached hydrogens (tertiary/aromatic N) is 1. The second-order valence-electron chi connectivity index (χ2n) is 5.00. The minimum absolute atomic E-state index is 0.164. The molecule has 116 valence electrons. The van der Waals surface area contributed by atoms with Crippen molar-refractivity contribution >= 4 is 28.5 Å². The number of phenols is 1. The van der Waals surface area contributed by atoms with Crippen LogP contribution in [-0.2, 0) is 4.74 Å². The molecule has 0 radical (unpaired) electrons. The van der Waals surface area contributed by atoms with E-state index >= 15 is 0 Å². The van der Waals surface area contributed by atoms with Gasteiger partial charge in [0, 0.05) is 16.7 Å². The van der Waals surface area contributed by atoms with Crippen molar-refractivity contribution in [2.45, 2.75) is 27.7 Å². The summed E-state index contributed by atoms with van der Waals surface area (Å²) < 4.78 is 5.10. The largest absolute Gasteiger partial charge is 0.507 e. The average molecular weight is 317 g/mol. The van der Waals surface area contributed by atoms with E-state index in [4.69, 9.17) is 4.74 Å². The van der Waals surface area contributed by atoms with Crippen molar-refractivity contribution in [3.05, 3.63) is 45.3 Å². The number of thiophene rings is 1. The van der Waals surface area contributed by atoms with E-state index in [1.807, 2.05) is 32.9 Å². The Hall–Kier alpha value is -2.14. The highest BCUT2D eigenvalue weighted by atomic mass is 32.1. The Morgan fingerprint density at radius 1 is 1.36 bits per heavy atom. The Balaban J connectivity index is 2.41. The topological polar surface area (TPSA) is 58.9 Å². The summed E-state index contributed by atoms with van der Waals surface area (Å²) in [6, 6.07) is 5.31. The van der Waals surface area contributed by atoms with Crippen molar-refractivity contribution in [2.24, 2.45) is 4.99 Å². The zero-order valence-electron chi connectivity index (χ0n) is 13.1. The number of ether oxygens (including phenoxy) is 1. The van der Waals surface area contributed by atoms with E-state index in [1.165, 1.54) is 11.3 Å². The van der Waals surface area contributed by atoms with Crippen LogP contribution in [0.5, 0.6) is 5.75 Å². The molecule has 0 amide bonds. The SMILES string of the molecule is CCOC(=O)c1c(/N=C/c2cc(C)ccc2O)sc(C)c1C. The van der Waals surface area contributed by atoms with E-state index < -0.39 is 0 Å². The van der Waals surface area contributed by atoms with Crippen LogP contribution in [0.1, 0.15) is 38.8 Å². The molecule has 4 nitrogen and oxygen atoms in total. The lowest BCUT2D eigenvalue weighted by Crippen LogP contribution is -2.05. The van der Waals surface area contributed by atoms with Gasteiger partial charge >= 0.3 is 5.97 Å². The van der Waals surface area contributed by atoms with E-state index in [0.717, 1.165) is 16.0 Å². The van der Waals surface area contributed by atoms with Crippen LogP contribution in [0.25, 0.3) is 0 Å². The van der Waals surface area contributed by atoms with Crippen LogP contribution in [0, 0.1) is 20.8 Å². The zero-order chi connectivity index (χ0) is 16.3. The summed E-state index contributed by atoms with van der Waals surface area (Å²) in [7, 11) is 0. The van der Waals surface area contributed by atoms with Gasteiger partial charge in [-0.3, -0.25) is 0 Å². The Labute approximate surface area is 134 Å². The Bertz CT molecular complexity index is 732. The van der Waals surface area contributed by atoms with Crippen molar-refractivity contribution in [2.75, 3.05) is 6.61 Å². The van der Waals surface area contributed by atoms with Crippen molar-refractivity contribution in [3.63, 3.8) is 0 Å². The van der Waals surface area contributed by atoms with Gasteiger partial charge in [0.1, 0.15) is 10.8 Å². The molecule has 0 saturated carbocycles. The number of esters is 1. The predicted molar refractivity (Wildman–Crippen MR) is 89.8 cm³/mol. The molecule has 0 fully saturated rings.